The molecule has 1 amide bonds. The van der Waals surface area contributed by atoms with Crippen molar-refractivity contribution in [1.82, 2.24) is 15.5 Å². The minimum atomic E-state index is -0.139. The molecule has 1 aromatic carbocycles. The van der Waals surface area contributed by atoms with Crippen LogP contribution < -0.4 is 10.2 Å². The highest BCUT2D eigenvalue weighted by molar-refractivity contribution is 5.77. The van der Waals surface area contributed by atoms with Gasteiger partial charge in [0.1, 0.15) is 0 Å². The van der Waals surface area contributed by atoms with Gasteiger partial charge in [0.2, 0.25) is 11.8 Å². The van der Waals surface area contributed by atoms with E-state index in [2.05, 4.69) is 32.5 Å². The van der Waals surface area contributed by atoms with Gasteiger partial charge < -0.3 is 19.5 Å². The third-order valence-corrected chi connectivity index (χ3v) is 3.97. The van der Waals surface area contributed by atoms with Crippen molar-refractivity contribution < 1.29 is 14.1 Å². The minimum Gasteiger partial charge on any atom is -0.379 e. The van der Waals surface area contributed by atoms with Gasteiger partial charge in [0.15, 0.2) is 5.82 Å². The first-order chi connectivity index (χ1) is 11.2. The molecule has 0 radical (unpaired) electrons. The molecule has 1 aliphatic heterocycles. The van der Waals surface area contributed by atoms with Crippen LogP contribution in [0.15, 0.2) is 28.8 Å². The number of nitrogens with zero attached hydrogens (tertiary/aromatic N) is 3. The molecule has 3 rings (SSSR count). The number of ether oxygens (including phenoxy) is 1. The van der Waals surface area contributed by atoms with Crippen LogP contribution in [0.3, 0.4) is 0 Å². The molecule has 122 valence electrons. The Morgan fingerprint density at radius 2 is 2.30 bits per heavy atom. The molecule has 0 fully saturated rings. The molecule has 1 N–H and O–H groups in total. The second-order valence-corrected chi connectivity index (χ2v) is 5.53. The van der Waals surface area contributed by atoms with Crippen molar-refractivity contribution in [3.8, 4) is 0 Å². The largest absolute Gasteiger partial charge is 0.379 e. The van der Waals surface area contributed by atoms with E-state index in [1.807, 2.05) is 12.1 Å². The average molecular weight is 316 g/mol. The Labute approximate surface area is 134 Å². The molecule has 0 saturated carbocycles. The number of rotatable bonds is 5. The summed E-state index contributed by atoms with van der Waals surface area (Å²) in [5, 5.41) is 6.40. The average Bonchev–Trinajstić information content (AvgIpc) is 3.01. The predicted molar refractivity (Wildman–Crippen MR) is 84.1 cm³/mol. The first-order valence-electron chi connectivity index (χ1n) is 7.57. The number of para-hydroxylation sites is 1. The highest BCUT2D eigenvalue weighted by Crippen LogP contribution is 2.28. The lowest BCUT2D eigenvalue weighted by Gasteiger charge is -2.34. The van der Waals surface area contributed by atoms with Crippen LogP contribution >= 0.6 is 0 Å². The summed E-state index contributed by atoms with van der Waals surface area (Å²) in [6.07, 6.45) is 1.16. The Morgan fingerprint density at radius 3 is 3.09 bits per heavy atom. The number of nitrogens with one attached hydrogen (secondary N) is 1. The number of hydrogen-bond acceptors (Lipinski definition) is 6. The van der Waals surface area contributed by atoms with Crippen molar-refractivity contribution in [3.63, 3.8) is 0 Å². The first kappa shape index (κ1) is 15.5. The molecule has 2 aromatic rings. The quantitative estimate of drug-likeness (QED) is 0.884. The Balaban J connectivity index is 1.75. The van der Waals surface area contributed by atoms with E-state index in [0.717, 1.165) is 18.7 Å². The van der Waals surface area contributed by atoms with Gasteiger partial charge in [-0.05, 0) is 11.6 Å². The van der Waals surface area contributed by atoms with E-state index < -0.39 is 0 Å². The number of amides is 1. The van der Waals surface area contributed by atoms with E-state index in [1.54, 1.807) is 14.2 Å². The number of benzene rings is 1. The summed E-state index contributed by atoms with van der Waals surface area (Å²) < 4.78 is 10.8. The van der Waals surface area contributed by atoms with Crippen LogP contribution in [0.1, 0.15) is 17.3 Å². The van der Waals surface area contributed by atoms with Crippen molar-refractivity contribution in [2.24, 2.45) is 0 Å². The Kier molecular flexibility index (Phi) is 4.57. The van der Waals surface area contributed by atoms with Crippen LogP contribution in [0.25, 0.3) is 0 Å². The fraction of sp³-hybridized carbons (Fsp3) is 0.438. The van der Waals surface area contributed by atoms with Crippen molar-refractivity contribution >= 4 is 11.6 Å². The fourth-order valence-electron chi connectivity index (χ4n) is 2.77. The van der Waals surface area contributed by atoms with Crippen LogP contribution in [-0.4, -0.2) is 42.9 Å². The third kappa shape index (κ3) is 3.50. The van der Waals surface area contributed by atoms with Gasteiger partial charge in [-0.25, -0.2) is 0 Å². The van der Waals surface area contributed by atoms with Gasteiger partial charge in [0, 0.05) is 32.8 Å². The molecule has 1 aliphatic rings. The zero-order valence-corrected chi connectivity index (χ0v) is 13.3. The highest BCUT2D eigenvalue weighted by atomic mass is 16.5. The van der Waals surface area contributed by atoms with Crippen LogP contribution in [0, 0.1) is 0 Å². The Morgan fingerprint density at radius 1 is 1.48 bits per heavy atom. The maximum absolute atomic E-state index is 11.4. The second-order valence-electron chi connectivity index (χ2n) is 5.53. The summed E-state index contributed by atoms with van der Waals surface area (Å²) in [7, 11) is 3.31. The van der Waals surface area contributed by atoms with E-state index in [-0.39, 0.29) is 18.4 Å². The lowest BCUT2D eigenvalue weighted by atomic mass is 9.99. The molecule has 7 heteroatoms. The van der Waals surface area contributed by atoms with Gasteiger partial charge in [-0.15, -0.1) is 0 Å². The van der Waals surface area contributed by atoms with Gasteiger partial charge in [-0.2, -0.15) is 4.98 Å². The topological polar surface area (TPSA) is 80.5 Å². The molecule has 1 aromatic heterocycles. The Bertz CT molecular complexity index is 685. The molecule has 2 heterocycles. The van der Waals surface area contributed by atoms with Crippen LogP contribution in [-0.2, 0) is 28.9 Å². The molecular weight excluding hydrogens is 296 g/mol. The minimum absolute atomic E-state index is 0.122. The van der Waals surface area contributed by atoms with Gasteiger partial charge >= 0.3 is 0 Å². The van der Waals surface area contributed by atoms with E-state index in [4.69, 9.17) is 9.26 Å². The molecular formula is C16H20N4O3. The number of likely N-dealkylation sites (N-methyl/N-ethyl adjacent to an activating group) is 1. The third-order valence-electron chi connectivity index (χ3n) is 3.97. The highest BCUT2D eigenvalue weighted by Gasteiger charge is 2.25. The normalized spacial score (nSPS) is 17.0. The summed E-state index contributed by atoms with van der Waals surface area (Å²) in [5.41, 5.74) is 2.41. The van der Waals surface area contributed by atoms with Crippen LogP contribution in [0.2, 0.25) is 0 Å². The first-order valence-corrected chi connectivity index (χ1v) is 7.57. The van der Waals surface area contributed by atoms with Crippen molar-refractivity contribution in [3.05, 3.63) is 41.5 Å². The van der Waals surface area contributed by atoms with Crippen molar-refractivity contribution in [1.29, 1.82) is 0 Å². The maximum Gasteiger partial charge on any atom is 0.246 e. The smallest absolute Gasteiger partial charge is 0.246 e. The molecule has 0 aliphatic carbocycles. The zero-order valence-electron chi connectivity index (χ0n) is 13.3. The van der Waals surface area contributed by atoms with Gasteiger partial charge in [0.05, 0.1) is 19.1 Å². The Hall–Kier alpha value is -2.41. The van der Waals surface area contributed by atoms with E-state index >= 15 is 0 Å². The lowest BCUT2D eigenvalue weighted by Crippen LogP contribution is -2.39. The molecule has 7 nitrogen and oxygen atoms in total. The van der Waals surface area contributed by atoms with Gasteiger partial charge in [0.25, 0.3) is 0 Å². The summed E-state index contributed by atoms with van der Waals surface area (Å²) in [4.78, 5) is 17.8. The number of fused-ring (bicyclic) bond motifs is 1. The molecule has 0 bridgehead atoms. The standard InChI is InChI=1S/C16H20N4O3/c1-17-15(21)8-14-18-16(23-19-14)10-20-9-12(22-2)7-11-5-3-4-6-13(11)20/h3-6,12H,7-10H2,1-2H3,(H,17,21). The van der Waals surface area contributed by atoms with Gasteiger partial charge in [-0.3, -0.25) is 4.79 Å². The maximum atomic E-state index is 11.4. The second kappa shape index (κ2) is 6.78. The van der Waals surface area contributed by atoms with Crippen LogP contribution in [0.4, 0.5) is 5.69 Å². The van der Waals surface area contributed by atoms with Gasteiger partial charge in [-0.1, -0.05) is 23.4 Å². The fourth-order valence-corrected chi connectivity index (χ4v) is 2.77. The molecule has 1 unspecified atom stereocenters. The number of carbonyl (C=O) groups excluding carboxylic acids is 1. The number of aromatic nitrogens is 2. The van der Waals surface area contributed by atoms with E-state index in [1.165, 1.54) is 5.56 Å². The monoisotopic (exact) mass is 316 g/mol. The molecule has 0 spiro atoms. The van der Waals surface area contributed by atoms with E-state index in [0.29, 0.717) is 18.3 Å². The summed E-state index contributed by atoms with van der Waals surface area (Å²) in [6.45, 7) is 1.26. The lowest BCUT2D eigenvalue weighted by molar-refractivity contribution is -0.120. The zero-order chi connectivity index (χ0) is 16.2. The number of carbonyl (C=O) groups is 1. The molecule has 1 atom stereocenters. The number of hydrogen-bond donors (Lipinski definition) is 1. The predicted octanol–water partition coefficient (Wildman–Crippen LogP) is 0.936. The molecule has 23 heavy (non-hydrogen) atoms. The SMILES string of the molecule is CNC(=O)Cc1noc(CN2CC(OC)Cc3ccccc32)n1. The summed E-state index contributed by atoms with van der Waals surface area (Å²) >= 11 is 0. The number of methoxy groups -OCH3 is 1. The number of anilines is 1. The molecule has 0 saturated heterocycles. The van der Waals surface area contributed by atoms with Crippen molar-refractivity contribution in [2.75, 3.05) is 25.6 Å². The van der Waals surface area contributed by atoms with E-state index in [9.17, 15) is 4.79 Å². The summed E-state index contributed by atoms with van der Waals surface area (Å²) in [5.74, 6) is 0.753. The van der Waals surface area contributed by atoms with Crippen molar-refractivity contribution in [2.45, 2.75) is 25.5 Å². The van der Waals surface area contributed by atoms with Crippen LogP contribution in [0.5, 0.6) is 0 Å². The summed E-state index contributed by atoms with van der Waals surface area (Å²) in [6, 6.07) is 8.24.